The van der Waals surface area contributed by atoms with Crippen LogP contribution in [0.1, 0.15) is 67.8 Å². The van der Waals surface area contributed by atoms with E-state index in [0.717, 1.165) is 48.8 Å². The molecule has 1 saturated carbocycles. The molecule has 2 aromatic carbocycles. The molecule has 3 nitrogen and oxygen atoms in total. The zero-order valence-electron chi connectivity index (χ0n) is 18.3. The van der Waals surface area contributed by atoms with Gasteiger partial charge in [0.05, 0.1) is 16.6 Å². The normalized spacial score (nSPS) is 20.2. The van der Waals surface area contributed by atoms with Crippen molar-refractivity contribution in [3.63, 3.8) is 0 Å². The van der Waals surface area contributed by atoms with Gasteiger partial charge >= 0.3 is 0 Å². The van der Waals surface area contributed by atoms with Gasteiger partial charge in [0.25, 0.3) is 0 Å². The van der Waals surface area contributed by atoms with Crippen molar-refractivity contribution in [2.45, 2.75) is 57.8 Å². The van der Waals surface area contributed by atoms with Crippen LogP contribution in [0.4, 0.5) is 13.2 Å². The Kier molecular flexibility index (Phi) is 5.39. The zero-order chi connectivity index (χ0) is 22.4. The lowest BCUT2D eigenvalue weighted by Gasteiger charge is -2.30. The highest BCUT2D eigenvalue weighted by molar-refractivity contribution is 5.82. The van der Waals surface area contributed by atoms with E-state index in [9.17, 15) is 13.2 Å². The van der Waals surface area contributed by atoms with Gasteiger partial charge in [-0.15, -0.1) is 0 Å². The smallest absolute Gasteiger partial charge is 0.164 e. The molecule has 0 aliphatic heterocycles. The number of aromatic nitrogens is 3. The van der Waals surface area contributed by atoms with Gasteiger partial charge in [-0.2, -0.15) is 0 Å². The summed E-state index contributed by atoms with van der Waals surface area (Å²) in [6.45, 7) is 3.68. The Morgan fingerprint density at radius 3 is 2.62 bits per heavy atom. The maximum atomic E-state index is 13.9. The van der Waals surface area contributed by atoms with Gasteiger partial charge in [0.15, 0.2) is 11.6 Å². The molecule has 32 heavy (non-hydrogen) atoms. The number of halogens is 3. The van der Waals surface area contributed by atoms with Crippen LogP contribution < -0.4 is 0 Å². The highest BCUT2D eigenvalue weighted by Crippen LogP contribution is 2.41. The van der Waals surface area contributed by atoms with Gasteiger partial charge in [-0.3, -0.25) is 4.98 Å². The van der Waals surface area contributed by atoms with E-state index in [1.807, 2.05) is 12.3 Å². The van der Waals surface area contributed by atoms with Crippen LogP contribution in [-0.2, 0) is 0 Å². The minimum atomic E-state index is -0.848. The van der Waals surface area contributed by atoms with Gasteiger partial charge in [-0.1, -0.05) is 6.92 Å². The highest BCUT2D eigenvalue weighted by atomic mass is 19.2. The summed E-state index contributed by atoms with van der Waals surface area (Å²) in [6, 6.07) is 8.02. The molecule has 0 unspecified atom stereocenters. The quantitative estimate of drug-likeness (QED) is 0.364. The van der Waals surface area contributed by atoms with E-state index in [1.54, 1.807) is 19.1 Å². The van der Waals surface area contributed by atoms with E-state index in [0.29, 0.717) is 22.9 Å². The minimum absolute atomic E-state index is 0.172. The summed E-state index contributed by atoms with van der Waals surface area (Å²) in [5.41, 5.74) is 3.33. The Morgan fingerprint density at radius 1 is 1.06 bits per heavy atom. The molecule has 1 aliphatic rings. The third kappa shape index (κ3) is 3.76. The molecule has 1 N–H and O–H groups in total. The molecule has 2 aromatic heterocycles. The van der Waals surface area contributed by atoms with Crippen LogP contribution in [0.2, 0.25) is 0 Å². The Morgan fingerprint density at radius 2 is 1.84 bits per heavy atom. The van der Waals surface area contributed by atoms with Crippen LogP contribution in [0.25, 0.3) is 21.9 Å². The fourth-order valence-electron chi connectivity index (χ4n) is 5.32. The second-order valence-electron chi connectivity index (χ2n) is 9.23. The Labute approximate surface area is 185 Å². The minimum Gasteiger partial charge on any atom is -0.342 e. The van der Waals surface area contributed by atoms with E-state index < -0.39 is 11.6 Å². The standard InChI is InChI=1S/C26H26F3N3/c1-14(26-31-23-13-21(28)24(29)15(2)25(23)32-26)11-16-3-5-17(6-4-16)19-9-10-30-22-8-7-18(27)12-20(19)22/h7-10,12-14,16-17H,3-6,11H2,1-2H3,(H,31,32)/t14-,16?,17?/m1/s1. The summed E-state index contributed by atoms with van der Waals surface area (Å²) in [6.07, 6.45) is 7.10. The van der Waals surface area contributed by atoms with Gasteiger partial charge < -0.3 is 4.98 Å². The molecular formula is C26H26F3N3. The second kappa shape index (κ2) is 8.23. The lowest BCUT2D eigenvalue weighted by atomic mass is 9.75. The first kappa shape index (κ1) is 21.0. The SMILES string of the molecule is Cc1c(F)c(F)cc2[nH]c([C@H](C)CC3CCC(c4ccnc5ccc(F)cc45)CC3)nc12. The number of nitrogens with zero attached hydrogens (tertiary/aromatic N) is 2. The number of nitrogens with one attached hydrogen (secondary N) is 1. The number of fused-ring (bicyclic) bond motifs is 2. The van der Waals surface area contributed by atoms with E-state index in [4.69, 9.17) is 0 Å². The molecule has 166 valence electrons. The lowest BCUT2D eigenvalue weighted by Crippen LogP contribution is -2.16. The average Bonchev–Trinajstić information content (AvgIpc) is 3.22. The number of benzene rings is 2. The molecule has 5 rings (SSSR count). The summed E-state index contributed by atoms with van der Waals surface area (Å²) in [5, 5.41) is 0.918. The van der Waals surface area contributed by atoms with Crippen molar-refractivity contribution < 1.29 is 13.2 Å². The predicted octanol–water partition coefficient (Wildman–Crippen LogP) is 7.30. The number of aryl methyl sites for hydroxylation is 1. The van der Waals surface area contributed by atoms with Crippen LogP contribution in [0.5, 0.6) is 0 Å². The molecule has 0 amide bonds. The third-order valence-corrected chi connectivity index (χ3v) is 7.09. The molecule has 1 aliphatic carbocycles. The van der Waals surface area contributed by atoms with E-state index in [-0.39, 0.29) is 17.3 Å². The highest BCUT2D eigenvalue weighted by Gasteiger charge is 2.26. The molecule has 0 saturated heterocycles. The van der Waals surface area contributed by atoms with Gasteiger partial charge in [0.1, 0.15) is 11.6 Å². The number of aromatic amines is 1. The largest absolute Gasteiger partial charge is 0.342 e. The average molecular weight is 438 g/mol. The van der Waals surface area contributed by atoms with E-state index >= 15 is 0 Å². The molecule has 0 spiro atoms. The monoisotopic (exact) mass is 437 g/mol. The van der Waals surface area contributed by atoms with E-state index in [1.165, 1.54) is 17.7 Å². The first-order valence-corrected chi connectivity index (χ1v) is 11.3. The summed E-state index contributed by atoms with van der Waals surface area (Å²) in [5.74, 6) is 0.0264. The first-order valence-electron chi connectivity index (χ1n) is 11.3. The maximum absolute atomic E-state index is 13.9. The maximum Gasteiger partial charge on any atom is 0.164 e. The molecule has 6 heteroatoms. The number of pyridine rings is 1. The van der Waals surface area contributed by atoms with Crippen LogP contribution in [0.15, 0.2) is 36.5 Å². The van der Waals surface area contributed by atoms with Crippen molar-refractivity contribution in [3.8, 4) is 0 Å². The first-order chi connectivity index (χ1) is 15.4. The zero-order valence-corrected chi connectivity index (χ0v) is 18.3. The van der Waals surface area contributed by atoms with Crippen LogP contribution in [0, 0.1) is 30.3 Å². The molecule has 0 bridgehead atoms. The lowest BCUT2D eigenvalue weighted by molar-refractivity contribution is 0.296. The number of hydrogen-bond donors (Lipinski definition) is 1. The van der Waals surface area contributed by atoms with Crippen LogP contribution in [-0.4, -0.2) is 15.0 Å². The van der Waals surface area contributed by atoms with Gasteiger partial charge in [-0.05, 0) is 80.7 Å². The second-order valence-corrected chi connectivity index (χ2v) is 9.23. The topological polar surface area (TPSA) is 41.6 Å². The molecule has 1 atom stereocenters. The van der Waals surface area contributed by atoms with Crippen molar-refractivity contribution in [1.29, 1.82) is 0 Å². The summed E-state index contributed by atoms with van der Waals surface area (Å²) in [4.78, 5) is 12.2. The van der Waals surface area contributed by atoms with Crippen molar-refractivity contribution in [2.24, 2.45) is 5.92 Å². The number of H-pyrrole nitrogens is 1. The number of hydrogen-bond acceptors (Lipinski definition) is 2. The Bertz CT molecular complexity index is 1290. The molecule has 1 fully saturated rings. The fourth-order valence-corrected chi connectivity index (χ4v) is 5.32. The van der Waals surface area contributed by atoms with Crippen LogP contribution in [0.3, 0.4) is 0 Å². The third-order valence-electron chi connectivity index (χ3n) is 7.09. The van der Waals surface area contributed by atoms with Crippen LogP contribution >= 0.6 is 0 Å². The van der Waals surface area contributed by atoms with Gasteiger partial charge in [0, 0.05) is 29.1 Å². The Hall–Kier alpha value is -2.89. The van der Waals surface area contributed by atoms with E-state index in [2.05, 4.69) is 21.9 Å². The number of rotatable bonds is 4. The van der Waals surface area contributed by atoms with Gasteiger partial charge in [-0.25, -0.2) is 18.2 Å². The summed E-state index contributed by atoms with van der Waals surface area (Å²) >= 11 is 0. The Balaban J connectivity index is 1.28. The molecule has 4 aromatic rings. The van der Waals surface area contributed by atoms with Crippen molar-refractivity contribution >= 4 is 21.9 Å². The van der Waals surface area contributed by atoms with Crippen molar-refractivity contribution in [2.75, 3.05) is 0 Å². The van der Waals surface area contributed by atoms with Gasteiger partial charge in [0.2, 0.25) is 0 Å². The summed E-state index contributed by atoms with van der Waals surface area (Å²) in [7, 11) is 0. The number of imidazole rings is 1. The molecule has 0 radical (unpaired) electrons. The van der Waals surface area contributed by atoms with Crippen molar-refractivity contribution in [3.05, 3.63) is 70.9 Å². The van der Waals surface area contributed by atoms with Crippen molar-refractivity contribution in [1.82, 2.24) is 15.0 Å². The fraction of sp³-hybridized carbons (Fsp3) is 0.385. The summed E-state index contributed by atoms with van der Waals surface area (Å²) < 4.78 is 41.4. The predicted molar refractivity (Wildman–Crippen MR) is 120 cm³/mol. The molecule has 2 heterocycles. The molecular weight excluding hydrogens is 411 g/mol.